The molecule has 0 aliphatic heterocycles. The van der Waals surface area contributed by atoms with Gasteiger partial charge >= 0.3 is 0 Å². The maximum absolute atomic E-state index is 11.1. The van der Waals surface area contributed by atoms with Gasteiger partial charge in [0.2, 0.25) is 0 Å². The van der Waals surface area contributed by atoms with E-state index in [0.717, 1.165) is 24.0 Å². The second-order valence-corrected chi connectivity index (χ2v) is 8.79. The maximum Gasteiger partial charge on any atom is 0.269 e. The average molecular weight is 411 g/mol. The standard InChI is InChI=1S/C22H25N3O5/c1-23(2)22-11-18(14-3-7-16(8-4-14)24(27)28)21(20(26)13-22)19(12-22)15-5-9-17(10-6-15)25(29)30/h3-10,18-21,26H,11-13H2,1-2H3. The van der Waals surface area contributed by atoms with Gasteiger partial charge < -0.3 is 10.0 Å². The van der Waals surface area contributed by atoms with Crippen LogP contribution in [0.4, 0.5) is 11.4 Å². The second kappa shape index (κ2) is 7.45. The van der Waals surface area contributed by atoms with Gasteiger partial charge in [-0.25, -0.2) is 0 Å². The van der Waals surface area contributed by atoms with Gasteiger partial charge in [0.1, 0.15) is 0 Å². The zero-order valence-corrected chi connectivity index (χ0v) is 17.0. The Morgan fingerprint density at radius 1 is 0.833 bits per heavy atom. The number of nitro groups is 2. The largest absolute Gasteiger partial charge is 0.393 e. The summed E-state index contributed by atoms with van der Waals surface area (Å²) >= 11 is 0. The summed E-state index contributed by atoms with van der Waals surface area (Å²) in [5.74, 6) is 0.0477. The van der Waals surface area contributed by atoms with Crippen LogP contribution < -0.4 is 0 Å². The Morgan fingerprint density at radius 3 is 1.57 bits per heavy atom. The zero-order valence-electron chi connectivity index (χ0n) is 17.0. The van der Waals surface area contributed by atoms with Gasteiger partial charge in [-0.3, -0.25) is 20.2 Å². The Morgan fingerprint density at radius 2 is 1.23 bits per heavy atom. The van der Waals surface area contributed by atoms with Crippen LogP contribution in [-0.2, 0) is 0 Å². The number of fused-ring (bicyclic) bond motifs is 3. The van der Waals surface area contributed by atoms with Gasteiger partial charge in [-0.15, -0.1) is 0 Å². The Bertz CT molecular complexity index is 890. The van der Waals surface area contributed by atoms with Crippen LogP contribution >= 0.6 is 0 Å². The van der Waals surface area contributed by atoms with Crippen molar-refractivity contribution < 1.29 is 15.0 Å². The molecule has 0 amide bonds. The first kappa shape index (κ1) is 20.4. The van der Waals surface area contributed by atoms with Crippen LogP contribution in [0.3, 0.4) is 0 Å². The van der Waals surface area contributed by atoms with Crippen LogP contribution in [0.15, 0.2) is 48.5 Å². The fourth-order valence-corrected chi connectivity index (χ4v) is 5.60. The lowest BCUT2D eigenvalue weighted by molar-refractivity contribution is -0.385. The highest BCUT2D eigenvalue weighted by molar-refractivity contribution is 5.40. The lowest BCUT2D eigenvalue weighted by atomic mass is 9.52. The van der Waals surface area contributed by atoms with Gasteiger partial charge in [-0.2, -0.15) is 0 Å². The van der Waals surface area contributed by atoms with Crippen molar-refractivity contribution in [2.75, 3.05) is 14.1 Å². The molecule has 0 saturated heterocycles. The Hall–Kier alpha value is -2.84. The smallest absolute Gasteiger partial charge is 0.269 e. The second-order valence-electron chi connectivity index (χ2n) is 8.79. The fourth-order valence-electron chi connectivity index (χ4n) is 5.60. The molecule has 5 rings (SSSR count). The molecule has 3 aliphatic carbocycles. The predicted octanol–water partition coefficient (Wildman–Crippen LogP) is 3.85. The van der Waals surface area contributed by atoms with E-state index in [4.69, 9.17) is 0 Å². The lowest BCUT2D eigenvalue weighted by Gasteiger charge is -2.59. The van der Waals surface area contributed by atoms with Crippen molar-refractivity contribution in [1.29, 1.82) is 0 Å². The quantitative estimate of drug-likeness (QED) is 0.591. The number of rotatable bonds is 5. The molecule has 8 heteroatoms. The van der Waals surface area contributed by atoms with E-state index in [1.165, 1.54) is 24.3 Å². The Labute approximate surface area is 174 Å². The summed E-state index contributed by atoms with van der Waals surface area (Å²) < 4.78 is 0. The number of hydrogen-bond donors (Lipinski definition) is 1. The van der Waals surface area contributed by atoms with Gasteiger partial charge in [-0.05, 0) is 62.2 Å². The number of non-ortho nitro benzene ring substituents is 2. The highest BCUT2D eigenvalue weighted by Crippen LogP contribution is 2.59. The molecule has 3 aliphatic rings. The highest BCUT2D eigenvalue weighted by Gasteiger charge is 2.56. The number of nitrogens with zero attached hydrogens (tertiary/aromatic N) is 3. The summed E-state index contributed by atoms with van der Waals surface area (Å²) in [6.45, 7) is 0. The number of benzene rings is 2. The molecule has 3 unspecified atom stereocenters. The summed E-state index contributed by atoms with van der Waals surface area (Å²) in [6.07, 6.45) is 1.89. The van der Waals surface area contributed by atoms with Crippen LogP contribution in [-0.4, -0.2) is 45.6 Å². The normalized spacial score (nSPS) is 30.4. The zero-order chi connectivity index (χ0) is 21.6. The van der Waals surface area contributed by atoms with Gasteiger partial charge in [0.25, 0.3) is 11.4 Å². The molecule has 30 heavy (non-hydrogen) atoms. The van der Waals surface area contributed by atoms with Crippen LogP contribution in [0.2, 0.25) is 0 Å². The molecule has 2 bridgehead atoms. The fraction of sp³-hybridized carbons (Fsp3) is 0.455. The molecule has 3 saturated carbocycles. The lowest BCUT2D eigenvalue weighted by Crippen LogP contribution is -2.60. The predicted molar refractivity (Wildman–Crippen MR) is 111 cm³/mol. The van der Waals surface area contributed by atoms with E-state index in [1.807, 2.05) is 14.1 Å². The summed E-state index contributed by atoms with van der Waals surface area (Å²) in [4.78, 5) is 23.4. The van der Waals surface area contributed by atoms with Crippen molar-refractivity contribution in [3.05, 3.63) is 79.9 Å². The van der Waals surface area contributed by atoms with E-state index in [0.29, 0.717) is 6.42 Å². The molecule has 3 fully saturated rings. The van der Waals surface area contributed by atoms with Crippen LogP contribution in [0.5, 0.6) is 0 Å². The molecule has 0 spiro atoms. The van der Waals surface area contributed by atoms with Crippen LogP contribution in [0.25, 0.3) is 0 Å². The highest BCUT2D eigenvalue weighted by atomic mass is 16.6. The number of hydrogen-bond acceptors (Lipinski definition) is 6. The molecular weight excluding hydrogens is 386 g/mol. The maximum atomic E-state index is 11.1. The summed E-state index contributed by atoms with van der Waals surface area (Å²) in [5, 5.41) is 33.2. The van der Waals surface area contributed by atoms with Crippen LogP contribution in [0.1, 0.15) is 42.2 Å². The third kappa shape index (κ3) is 3.36. The number of aliphatic hydroxyl groups excluding tert-OH is 1. The molecule has 158 valence electrons. The number of aliphatic hydroxyl groups is 1. The molecule has 2 aromatic rings. The Balaban J connectivity index is 1.74. The van der Waals surface area contributed by atoms with Crippen molar-refractivity contribution in [2.24, 2.45) is 5.92 Å². The first-order valence-corrected chi connectivity index (χ1v) is 10.1. The first-order valence-electron chi connectivity index (χ1n) is 10.1. The molecule has 1 N–H and O–H groups in total. The molecule has 2 aromatic carbocycles. The minimum Gasteiger partial charge on any atom is -0.393 e. The molecule has 3 atom stereocenters. The van der Waals surface area contributed by atoms with E-state index in [9.17, 15) is 25.3 Å². The average Bonchev–Trinajstić information content (AvgIpc) is 2.73. The van der Waals surface area contributed by atoms with E-state index < -0.39 is 16.0 Å². The van der Waals surface area contributed by atoms with Gasteiger partial charge in [-0.1, -0.05) is 24.3 Å². The topological polar surface area (TPSA) is 110 Å². The molecule has 0 radical (unpaired) electrons. The van der Waals surface area contributed by atoms with Gasteiger partial charge in [0.15, 0.2) is 0 Å². The number of nitro benzene ring substituents is 2. The molecule has 0 heterocycles. The molecule has 0 aromatic heterocycles. The van der Waals surface area contributed by atoms with Crippen LogP contribution in [0, 0.1) is 26.1 Å². The van der Waals surface area contributed by atoms with Crippen molar-refractivity contribution in [3.63, 3.8) is 0 Å². The first-order chi connectivity index (χ1) is 14.2. The third-order valence-corrected chi connectivity index (χ3v) is 7.18. The van der Waals surface area contributed by atoms with Crippen molar-refractivity contribution in [1.82, 2.24) is 4.90 Å². The SMILES string of the molecule is CN(C)C12CC(O)C(C(c3ccc([N+](=O)[O-])cc3)C1)C(c1ccc([N+](=O)[O-])cc1)C2. The molecule has 8 nitrogen and oxygen atoms in total. The van der Waals surface area contributed by atoms with E-state index >= 15 is 0 Å². The Kier molecular flexibility index (Phi) is 5.07. The van der Waals surface area contributed by atoms with Crippen molar-refractivity contribution in [3.8, 4) is 0 Å². The summed E-state index contributed by atoms with van der Waals surface area (Å²) in [6, 6.07) is 13.3. The van der Waals surface area contributed by atoms with Gasteiger partial charge in [0, 0.05) is 29.8 Å². The monoisotopic (exact) mass is 411 g/mol. The summed E-state index contributed by atoms with van der Waals surface area (Å²) in [7, 11) is 4.05. The minimum atomic E-state index is -0.518. The van der Waals surface area contributed by atoms with Crippen molar-refractivity contribution in [2.45, 2.75) is 42.7 Å². The van der Waals surface area contributed by atoms with Crippen molar-refractivity contribution >= 4 is 11.4 Å². The minimum absolute atomic E-state index is 0.0465. The molecular formula is C22H25N3O5. The van der Waals surface area contributed by atoms with E-state index in [2.05, 4.69) is 4.90 Å². The van der Waals surface area contributed by atoms with Gasteiger partial charge in [0.05, 0.1) is 16.0 Å². The summed E-state index contributed by atoms with van der Waals surface area (Å²) in [5.41, 5.74) is 1.88. The third-order valence-electron chi connectivity index (χ3n) is 7.18. The van der Waals surface area contributed by atoms with E-state index in [1.54, 1.807) is 24.3 Å². The van der Waals surface area contributed by atoms with E-state index in [-0.39, 0.29) is 34.7 Å².